The lowest BCUT2D eigenvalue weighted by Gasteiger charge is -2.09. The van der Waals surface area contributed by atoms with Crippen LogP contribution in [0, 0.1) is 5.82 Å². The predicted octanol–water partition coefficient (Wildman–Crippen LogP) is 2.21. The number of benzene rings is 2. The van der Waals surface area contributed by atoms with E-state index in [2.05, 4.69) is 10.5 Å². The molecule has 20 heavy (non-hydrogen) atoms. The second-order valence-electron chi connectivity index (χ2n) is 4.38. The highest BCUT2D eigenvalue weighted by molar-refractivity contribution is 5.98. The van der Waals surface area contributed by atoms with Crippen LogP contribution in [0.3, 0.4) is 0 Å². The molecule has 4 nitrogen and oxygen atoms in total. The van der Waals surface area contributed by atoms with Crippen LogP contribution in [0.2, 0.25) is 0 Å². The second-order valence-corrected chi connectivity index (χ2v) is 4.38. The molecule has 2 rings (SSSR count). The van der Waals surface area contributed by atoms with E-state index in [9.17, 15) is 4.39 Å². The van der Waals surface area contributed by atoms with Crippen LogP contribution in [0.4, 0.5) is 4.39 Å². The van der Waals surface area contributed by atoms with Crippen LogP contribution in [0.25, 0.3) is 0 Å². The fourth-order valence-electron chi connectivity index (χ4n) is 1.97. The minimum atomic E-state index is -0.249. The second kappa shape index (κ2) is 6.68. The highest BCUT2D eigenvalue weighted by atomic mass is 19.1. The van der Waals surface area contributed by atoms with Gasteiger partial charge in [-0.2, -0.15) is 0 Å². The Hall–Kier alpha value is -2.40. The molecule has 0 radical (unpaired) electrons. The fourth-order valence-corrected chi connectivity index (χ4v) is 1.97. The molecule has 0 aliphatic heterocycles. The van der Waals surface area contributed by atoms with Crippen LogP contribution in [-0.4, -0.2) is 11.0 Å². The van der Waals surface area contributed by atoms with E-state index >= 15 is 0 Å². The van der Waals surface area contributed by atoms with Gasteiger partial charge < -0.3 is 16.3 Å². The number of rotatable bonds is 5. The van der Waals surface area contributed by atoms with Crippen molar-refractivity contribution in [2.24, 2.45) is 10.9 Å². The molecule has 0 heterocycles. The van der Waals surface area contributed by atoms with E-state index < -0.39 is 0 Å². The Kier molecular flexibility index (Phi) is 4.68. The van der Waals surface area contributed by atoms with E-state index in [0.29, 0.717) is 18.7 Å². The zero-order valence-electron chi connectivity index (χ0n) is 10.9. The highest BCUT2D eigenvalue weighted by Crippen LogP contribution is 2.09. The number of hydrogen-bond donors (Lipinski definition) is 3. The van der Waals surface area contributed by atoms with Gasteiger partial charge in [0, 0.05) is 18.7 Å². The zero-order chi connectivity index (χ0) is 14.4. The van der Waals surface area contributed by atoms with Gasteiger partial charge in [-0.1, -0.05) is 41.6 Å². The minimum absolute atomic E-state index is 0.0770. The Morgan fingerprint density at radius 1 is 1.15 bits per heavy atom. The number of oxime groups is 1. The van der Waals surface area contributed by atoms with Crippen LogP contribution in [-0.2, 0) is 13.1 Å². The number of nitrogens with one attached hydrogen (secondary N) is 1. The molecule has 0 saturated heterocycles. The SMILES string of the molecule is NC(=NO)c1ccccc1CNCc1cccc(F)c1. The Morgan fingerprint density at radius 3 is 2.70 bits per heavy atom. The molecule has 0 unspecified atom stereocenters. The van der Waals surface area contributed by atoms with Crippen molar-refractivity contribution in [2.45, 2.75) is 13.1 Å². The van der Waals surface area contributed by atoms with Crippen molar-refractivity contribution in [3.8, 4) is 0 Å². The van der Waals surface area contributed by atoms with Crippen LogP contribution in [0.1, 0.15) is 16.7 Å². The minimum Gasteiger partial charge on any atom is -0.409 e. The smallest absolute Gasteiger partial charge is 0.170 e. The number of amidine groups is 1. The van der Waals surface area contributed by atoms with Crippen LogP contribution < -0.4 is 11.1 Å². The Morgan fingerprint density at radius 2 is 1.95 bits per heavy atom. The average Bonchev–Trinajstić information content (AvgIpc) is 2.47. The maximum atomic E-state index is 13.0. The molecule has 0 spiro atoms. The number of nitrogens with zero attached hydrogens (tertiary/aromatic N) is 1. The summed E-state index contributed by atoms with van der Waals surface area (Å²) >= 11 is 0. The summed E-state index contributed by atoms with van der Waals surface area (Å²) in [4.78, 5) is 0. The average molecular weight is 273 g/mol. The first-order chi connectivity index (χ1) is 9.70. The molecule has 0 atom stereocenters. The monoisotopic (exact) mass is 273 g/mol. The van der Waals surface area contributed by atoms with E-state index in [0.717, 1.165) is 11.1 Å². The number of halogens is 1. The lowest BCUT2D eigenvalue weighted by atomic mass is 10.1. The van der Waals surface area contributed by atoms with Crippen molar-refractivity contribution in [3.63, 3.8) is 0 Å². The van der Waals surface area contributed by atoms with Crippen molar-refractivity contribution in [3.05, 3.63) is 71.0 Å². The molecule has 0 amide bonds. The van der Waals surface area contributed by atoms with Crippen LogP contribution >= 0.6 is 0 Å². The zero-order valence-corrected chi connectivity index (χ0v) is 10.9. The maximum Gasteiger partial charge on any atom is 0.170 e. The molecule has 5 heteroatoms. The van der Waals surface area contributed by atoms with Crippen molar-refractivity contribution >= 4 is 5.84 Å². The normalized spacial score (nSPS) is 11.6. The third-order valence-electron chi connectivity index (χ3n) is 2.93. The van der Waals surface area contributed by atoms with Gasteiger partial charge in [-0.25, -0.2) is 4.39 Å². The van der Waals surface area contributed by atoms with Crippen LogP contribution in [0.5, 0.6) is 0 Å². The first-order valence-corrected chi connectivity index (χ1v) is 6.21. The molecule has 0 bridgehead atoms. The van der Waals surface area contributed by atoms with Gasteiger partial charge in [0.2, 0.25) is 0 Å². The summed E-state index contributed by atoms with van der Waals surface area (Å²) in [6.07, 6.45) is 0. The lowest BCUT2D eigenvalue weighted by Crippen LogP contribution is -2.19. The number of hydrogen-bond acceptors (Lipinski definition) is 3. The topological polar surface area (TPSA) is 70.6 Å². The molecule has 104 valence electrons. The largest absolute Gasteiger partial charge is 0.409 e. The first kappa shape index (κ1) is 14.0. The van der Waals surface area contributed by atoms with E-state index in [1.54, 1.807) is 12.1 Å². The van der Waals surface area contributed by atoms with E-state index in [1.807, 2.05) is 24.3 Å². The van der Waals surface area contributed by atoms with Crippen molar-refractivity contribution in [1.82, 2.24) is 5.32 Å². The summed E-state index contributed by atoms with van der Waals surface area (Å²) in [6.45, 7) is 1.09. The molecule has 0 fully saturated rings. The summed E-state index contributed by atoms with van der Waals surface area (Å²) in [7, 11) is 0. The van der Waals surface area contributed by atoms with Gasteiger partial charge in [0.05, 0.1) is 0 Å². The summed E-state index contributed by atoms with van der Waals surface area (Å²) in [5.41, 5.74) is 8.09. The van der Waals surface area contributed by atoms with E-state index in [-0.39, 0.29) is 11.7 Å². The van der Waals surface area contributed by atoms with E-state index in [1.165, 1.54) is 12.1 Å². The van der Waals surface area contributed by atoms with Gasteiger partial charge in [0.15, 0.2) is 5.84 Å². The summed E-state index contributed by atoms with van der Waals surface area (Å²) in [5, 5.41) is 15.0. The molecule has 2 aromatic carbocycles. The lowest BCUT2D eigenvalue weighted by molar-refractivity contribution is 0.318. The van der Waals surface area contributed by atoms with Gasteiger partial charge >= 0.3 is 0 Å². The molecule has 2 aromatic rings. The van der Waals surface area contributed by atoms with Crippen molar-refractivity contribution < 1.29 is 9.60 Å². The third-order valence-corrected chi connectivity index (χ3v) is 2.93. The summed E-state index contributed by atoms with van der Waals surface area (Å²) in [5.74, 6) is -0.172. The number of nitrogens with two attached hydrogens (primary N) is 1. The Balaban J connectivity index is 2.01. The Bertz CT molecular complexity index is 614. The van der Waals surface area contributed by atoms with Gasteiger partial charge in [-0.3, -0.25) is 0 Å². The van der Waals surface area contributed by atoms with Crippen molar-refractivity contribution in [1.29, 1.82) is 0 Å². The third kappa shape index (κ3) is 3.55. The molecular weight excluding hydrogens is 257 g/mol. The molecular formula is C15H16FN3O. The van der Waals surface area contributed by atoms with Gasteiger partial charge in [-0.15, -0.1) is 0 Å². The standard InChI is InChI=1S/C15H16FN3O/c16-13-6-3-4-11(8-13)9-18-10-12-5-1-2-7-14(12)15(17)19-20/h1-8,18,20H,9-10H2,(H2,17,19). The molecule has 0 aliphatic carbocycles. The maximum absolute atomic E-state index is 13.0. The predicted molar refractivity (Wildman–Crippen MR) is 75.9 cm³/mol. The first-order valence-electron chi connectivity index (χ1n) is 6.21. The quantitative estimate of drug-likeness (QED) is 0.338. The highest BCUT2D eigenvalue weighted by Gasteiger charge is 2.05. The molecule has 4 N–H and O–H groups in total. The van der Waals surface area contributed by atoms with Gasteiger partial charge in [0.25, 0.3) is 0 Å². The van der Waals surface area contributed by atoms with E-state index in [4.69, 9.17) is 10.9 Å². The van der Waals surface area contributed by atoms with Gasteiger partial charge in [0.1, 0.15) is 5.82 Å². The fraction of sp³-hybridized carbons (Fsp3) is 0.133. The molecule has 0 aliphatic rings. The van der Waals surface area contributed by atoms with Gasteiger partial charge in [-0.05, 0) is 23.3 Å². The molecule has 0 saturated carbocycles. The van der Waals surface area contributed by atoms with Crippen molar-refractivity contribution in [2.75, 3.05) is 0 Å². The summed E-state index contributed by atoms with van der Waals surface area (Å²) in [6, 6.07) is 13.8. The summed E-state index contributed by atoms with van der Waals surface area (Å²) < 4.78 is 13.0. The molecule has 0 aromatic heterocycles. The van der Waals surface area contributed by atoms with Crippen LogP contribution in [0.15, 0.2) is 53.7 Å². The Labute approximate surface area is 116 Å².